The van der Waals surface area contributed by atoms with Crippen molar-refractivity contribution < 1.29 is 4.74 Å². The molecule has 0 bridgehead atoms. The lowest BCUT2D eigenvalue weighted by Crippen LogP contribution is -2.36. The van der Waals surface area contributed by atoms with E-state index in [4.69, 9.17) is 4.74 Å². The molecule has 1 aliphatic rings. The third-order valence-corrected chi connectivity index (χ3v) is 5.00. The van der Waals surface area contributed by atoms with Crippen molar-refractivity contribution in [2.45, 2.75) is 32.9 Å². The van der Waals surface area contributed by atoms with E-state index in [0.29, 0.717) is 13.1 Å². The Hall–Kier alpha value is -3.02. The first-order chi connectivity index (χ1) is 13.7. The number of guanidine groups is 1. The number of ether oxygens (including phenoxy) is 1. The molecule has 1 saturated carbocycles. The number of aryl methyl sites for hydroxylation is 1. The molecule has 2 N–H and O–H groups in total. The molecule has 28 heavy (non-hydrogen) atoms. The molecule has 3 aromatic rings. The molecule has 0 amide bonds. The van der Waals surface area contributed by atoms with E-state index in [0.717, 1.165) is 41.1 Å². The second-order valence-corrected chi connectivity index (χ2v) is 7.27. The maximum Gasteiger partial charge on any atom is 0.191 e. The van der Waals surface area contributed by atoms with Gasteiger partial charge in [-0.05, 0) is 43.9 Å². The minimum atomic E-state index is 0.612. The lowest BCUT2D eigenvalue weighted by atomic mass is 10.2. The Morgan fingerprint density at radius 2 is 1.96 bits per heavy atom. The summed E-state index contributed by atoms with van der Waals surface area (Å²) < 4.78 is 8.09. The number of pyridine rings is 1. The van der Waals surface area contributed by atoms with Gasteiger partial charge >= 0.3 is 0 Å². The van der Waals surface area contributed by atoms with Gasteiger partial charge in [0.05, 0.1) is 18.8 Å². The number of para-hydroxylation sites is 1. The van der Waals surface area contributed by atoms with Crippen LogP contribution in [-0.4, -0.2) is 29.0 Å². The number of aromatic nitrogens is 2. The summed E-state index contributed by atoms with van der Waals surface area (Å²) in [5.41, 5.74) is 4.24. The molecule has 6 heteroatoms. The van der Waals surface area contributed by atoms with Gasteiger partial charge in [-0.1, -0.05) is 24.3 Å². The summed E-state index contributed by atoms with van der Waals surface area (Å²) in [4.78, 5) is 8.98. The molecular formula is C22H27N5O. The molecule has 0 saturated heterocycles. The smallest absolute Gasteiger partial charge is 0.191 e. The molecular weight excluding hydrogens is 350 g/mol. The van der Waals surface area contributed by atoms with Crippen LogP contribution in [-0.2, 0) is 13.1 Å². The van der Waals surface area contributed by atoms with Gasteiger partial charge in [0.15, 0.2) is 5.96 Å². The number of nitrogens with one attached hydrogen (secondary N) is 2. The zero-order chi connectivity index (χ0) is 19.3. The van der Waals surface area contributed by atoms with E-state index in [-0.39, 0.29) is 0 Å². The Balaban J connectivity index is 1.34. The SMILES string of the molecule is CN=C(NCc1cn2c(C)cccc2n1)NCc1ccccc1OCC1CC1. The Morgan fingerprint density at radius 3 is 2.75 bits per heavy atom. The highest BCUT2D eigenvalue weighted by molar-refractivity contribution is 5.79. The van der Waals surface area contributed by atoms with E-state index in [1.807, 2.05) is 30.3 Å². The second kappa shape index (κ2) is 8.33. The highest BCUT2D eigenvalue weighted by Crippen LogP contribution is 2.30. The lowest BCUT2D eigenvalue weighted by Gasteiger charge is -2.14. The first kappa shape index (κ1) is 18.3. The summed E-state index contributed by atoms with van der Waals surface area (Å²) >= 11 is 0. The number of hydrogen-bond donors (Lipinski definition) is 2. The Morgan fingerprint density at radius 1 is 1.14 bits per heavy atom. The Bertz CT molecular complexity index is 974. The van der Waals surface area contributed by atoms with E-state index in [1.165, 1.54) is 18.5 Å². The van der Waals surface area contributed by atoms with Gasteiger partial charge in [0.1, 0.15) is 11.4 Å². The van der Waals surface area contributed by atoms with Crippen LogP contribution in [0.4, 0.5) is 0 Å². The fraction of sp³-hybridized carbons (Fsp3) is 0.364. The minimum Gasteiger partial charge on any atom is -0.493 e. The minimum absolute atomic E-state index is 0.612. The highest BCUT2D eigenvalue weighted by atomic mass is 16.5. The number of fused-ring (bicyclic) bond motifs is 1. The molecule has 1 aromatic carbocycles. The van der Waals surface area contributed by atoms with Crippen molar-refractivity contribution in [2.24, 2.45) is 10.9 Å². The van der Waals surface area contributed by atoms with Crippen LogP contribution < -0.4 is 15.4 Å². The van der Waals surface area contributed by atoms with E-state index in [2.05, 4.69) is 50.3 Å². The average molecular weight is 377 g/mol. The second-order valence-electron chi connectivity index (χ2n) is 7.27. The van der Waals surface area contributed by atoms with Crippen molar-refractivity contribution in [1.82, 2.24) is 20.0 Å². The van der Waals surface area contributed by atoms with Crippen LogP contribution in [0, 0.1) is 12.8 Å². The van der Waals surface area contributed by atoms with Gasteiger partial charge in [-0.25, -0.2) is 4.98 Å². The van der Waals surface area contributed by atoms with Gasteiger partial charge < -0.3 is 19.8 Å². The summed E-state index contributed by atoms with van der Waals surface area (Å²) in [6.07, 6.45) is 4.64. The third kappa shape index (κ3) is 4.44. The molecule has 0 aliphatic heterocycles. The van der Waals surface area contributed by atoms with E-state index >= 15 is 0 Å². The summed E-state index contributed by atoms with van der Waals surface area (Å²) in [7, 11) is 1.78. The zero-order valence-corrected chi connectivity index (χ0v) is 16.5. The Kier molecular flexibility index (Phi) is 5.46. The van der Waals surface area contributed by atoms with Crippen LogP contribution >= 0.6 is 0 Å². The molecule has 0 atom stereocenters. The van der Waals surface area contributed by atoms with Gasteiger partial charge in [-0.3, -0.25) is 4.99 Å². The number of aliphatic imine (C=N–C) groups is 1. The number of nitrogens with zero attached hydrogens (tertiary/aromatic N) is 3. The van der Waals surface area contributed by atoms with Gasteiger partial charge in [-0.15, -0.1) is 0 Å². The summed E-state index contributed by atoms with van der Waals surface area (Å²) in [6.45, 7) is 4.16. The lowest BCUT2D eigenvalue weighted by molar-refractivity contribution is 0.296. The Labute approximate surface area is 165 Å². The maximum absolute atomic E-state index is 5.99. The van der Waals surface area contributed by atoms with Gasteiger partial charge in [0, 0.05) is 31.0 Å². The molecule has 2 aromatic heterocycles. The maximum atomic E-state index is 5.99. The molecule has 6 nitrogen and oxygen atoms in total. The predicted octanol–water partition coefficient (Wildman–Crippen LogP) is 3.30. The quantitative estimate of drug-likeness (QED) is 0.490. The van der Waals surface area contributed by atoms with Crippen molar-refractivity contribution in [3.05, 3.63) is 65.6 Å². The standard InChI is InChI=1S/C22H27N5O/c1-16-6-5-9-21-26-19(14-27(16)21)13-25-22(23-2)24-12-18-7-3-4-8-20(18)28-15-17-10-11-17/h3-9,14,17H,10-13,15H2,1-2H3,(H2,23,24,25). The van der Waals surface area contributed by atoms with E-state index in [1.54, 1.807) is 7.05 Å². The monoisotopic (exact) mass is 377 g/mol. The molecule has 4 rings (SSSR count). The first-order valence-electron chi connectivity index (χ1n) is 9.82. The molecule has 0 unspecified atom stereocenters. The average Bonchev–Trinajstić information content (AvgIpc) is 3.45. The van der Waals surface area contributed by atoms with Crippen LogP contribution in [0.1, 0.15) is 29.8 Å². The summed E-state index contributed by atoms with van der Waals surface area (Å²) in [6, 6.07) is 14.3. The van der Waals surface area contributed by atoms with Crippen LogP contribution in [0.15, 0.2) is 53.7 Å². The van der Waals surface area contributed by atoms with Gasteiger partial charge in [0.2, 0.25) is 0 Å². The number of rotatable bonds is 7. The molecule has 1 aliphatic carbocycles. The highest BCUT2D eigenvalue weighted by Gasteiger charge is 2.22. The molecule has 0 radical (unpaired) electrons. The topological polar surface area (TPSA) is 63.0 Å². The van der Waals surface area contributed by atoms with Crippen molar-refractivity contribution in [2.75, 3.05) is 13.7 Å². The first-order valence-corrected chi connectivity index (χ1v) is 9.82. The fourth-order valence-corrected chi connectivity index (χ4v) is 3.14. The summed E-state index contributed by atoms with van der Waals surface area (Å²) in [5.74, 6) is 2.43. The van der Waals surface area contributed by atoms with Gasteiger partial charge in [0.25, 0.3) is 0 Å². The number of benzene rings is 1. The van der Waals surface area contributed by atoms with Crippen molar-refractivity contribution in [3.8, 4) is 5.75 Å². The summed E-state index contributed by atoms with van der Waals surface area (Å²) in [5, 5.41) is 6.71. The van der Waals surface area contributed by atoms with Crippen molar-refractivity contribution in [1.29, 1.82) is 0 Å². The fourth-order valence-electron chi connectivity index (χ4n) is 3.14. The molecule has 0 spiro atoms. The van der Waals surface area contributed by atoms with Crippen LogP contribution in [0.25, 0.3) is 5.65 Å². The number of hydrogen-bond acceptors (Lipinski definition) is 3. The third-order valence-electron chi connectivity index (χ3n) is 5.00. The zero-order valence-electron chi connectivity index (χ0n) is 16.5. The predicted molar refractivity (Wildman–Crippen MR) is 112 cm³/mol. The van der Waals surface area contributed by atoms with Crippen LogP contribution in [0.3, 0.4) is 0 Å². The van der Waals surface area contributed by atoms with Crippen molar-refractivity contribution in [3.63, 3.8) is 0 Å². The van der Waals surface area contributed by atoms with Crippen molar-refractivity contribution >= 4 is 11.6 Å². The number of imidazole rings is 1. The molecule has 2 heterocycles. The van der Waals surface area contributed by atoms with E-state index in [9.17, 15) is 0 Å². The van der Waals surface area contributed by atoms with E-state index < -0.39 is 0 Å². The van der Waals surface area contributed by atoms with Gasteiger partial charge in [-0.2, -0.15) is 0 Å². The molecule has 146 valence electrons. The normalized spacial score (nSPS) is 14.3. The largest absolute Gasteiger partial charge is 0.493 e. The van der Waals surface area contributed by atoms with Crippen LogP contribution in [0.2, 0.25) is 0 Å². The van der Waals surface area contributed by atoms with Crippen LogP contribution in [0.5, 0.6) is 5.75 Å². The molecule has 1 fully saturated rings.